The largest absolute Gasteiger partial charge is 0.491 e. The summed E-state index contributed by atoms with van der Waals surface area (Å²) in [6.07, 6.45) is -0.415. The number of hydrogen-bond acceptors (Lipinski definition) is 3. The van der Waals surface area contributed by atoms with Crippen LogP contribution in [0.15, 0.2) is 30.3 Å². The van der Waals surface area contributed by atoms with Crippen LogP contribution in [0.1, 0.15) is 36.9 Å². The molecule has 0 aliphatic carbocycles. The number of aryl methyl sites for hydroxylation is 2. The molecule has 0 saturated carbocycles. The second-order valence-corrected chi connectivity index (χ2v) is 5.36. The van der Waals surface area contributed by atoms with Crippen LogP contribution >= 0.6 is 0 Å². The van der Waals surface area contributed by atoms with Crippen LogP contribution in [0.2, 0.25) is 0 Å². The van der Waals surface area contributed by atoms with Gasteiger partial charge in [0.1, 0.15) is 5.75 Å². The van der Waals surface area contributed by atoms with Crippen LogP contribution in [0.25, 0.3) is 0 Å². The van der Waals surface area contributed by atoms with Crippen LogP contribution in [0.4, 0.5) is 0 Å². The highest BCUT2D eigenvalue weighted by atomic mass is 16.5. The van der Waals surface area contributed by atoms with Crippen molar-refractivity contribution in [3.05, 3.63) is 47.3 Å². The van der Waals surface area contributed by atoms with Crippen LogP contribution in [0.5, 0.6) is 5.75 Å². The summed E-state index contributed by atoms with van der Waals surface area (Å²) in [5.74, 6) is 0.821. The van der Waals surface area contributed by atoms with Crippen molar-refractivity contribution in [1.82, 2.24) is 9.78 Å². The Morgan fingerprint density at radius 1 is 1.20 bits per heavy atom. The van der Waals surface area contributed by atoms with E-state index in [0.29, 0.717) is 6.54 Å². The number of ether oxygens (including phenoxy) is 1. The quantitative estimate of drug-likeness (QED) is 0.911. The topological polar surface area (TPSA) is 47.3 Å². The third kappa shape index (κ3) is 3.61. The van der Waals surface area contributed by atoms with Crippen molar-refractivity contribution in [1.29, 1.82) is 0 Å². The van der Waals surface area contributed by atoms with E-state index in [1.54, 1.807) is 0 Å². The summed E-state index contributed by atoms with van der Waals surface area (Å²) in [5, 5.41) is 14.6. The zero-order valence-electron chi connectivity index (χ0n) is 12.5. The van der Waals surface area contributed by atoms with Crippen molar-refractivity contribution in [2.45, 2.75) is 46.4 Å². The fourth-order valence-corrected chi connectivity index (χ4v) is 2.17. The van der Waals surface area contributed by atoms with E-state index in [-0.39, 0.29) is 6.10 Å². The third-order valence-corrected chi connectivity index (χ3v) is 3.09. The smallest absolute Gasteiger partial charge is 0.119 e. The summed E-state index contributed by atoms with van der Waals surface area (Å²) in [4.78, 5) is 0. The predicted molar refractivity (Wildman–Crippen MR) is 78.9 cm³/mol. The van der Waals surface area contributed by atoms with E-state index in [0.717, 1.165) is 22.7 Å². The molecule has 1 atom stereocenters. The maximum absolute atomic E-state index is 10.3. The maximum Gasteiger partial charge on any atom is 0.119 e. The molecule has 0 saturated heterocycles. The first-order valence-corrected chi connectivity index (χ1v) is 6.91. The van der Waals surface area contributed by atoms with Crippen molar-refractivity contribution in [2.75, 3.05) is 0 Å². The standard InChI is InChI=1S/C16H22N2O2/c1-11(2)20-15-7-5-14(6-8-15)16(19)10-18-13(4)9-12(3)17-18/h5-9,11,16,19H,10H2,1-4H3. The molecule has 108 valence electrons. The van der Waals surface area contributed by atoms with Gasteiger partial charge in [-0.05, 0) is 51.5 Å². The molecule has 20 heavy (non-hydrogen) atoms. The molecule has 1 aromatic heterocycles. The van der Waals surface area contributed by atoms with Crippen molar-refractivity contribution in [3.63, 3.8) is 0 Å². The molecule has 2 rings (SSSR count). The third-order valence-electron chi connectivity index (χ3n) is 3.09. The van der Waals surface area contributed by atoms with E-state index in [1.807, 2.05) is 62.7 Å². The van der Waals surface area contributed by atoms with Gasteiger partial charge in [-0.15, -0.1) is 0 Å². The molecule has 0 amide bonds. The lowest BCUT2D eigenvalue weighted by Crippen LogP contribution is -2.11. The fraction of sp³-hybridized carbons (Fsp3) is 0.438. The Hall–Kier alpha value is -1.81. The molecule has 0 aliphatic rings. The Labute approximate surface area is 120 Å². The van der Waals surface area contributed by atoms with Gasteiger partial charge in [0.25, 0.3) is 0 Å². The van der Waals surface area contributed by atoms with Gasteiger partial charge < -0.3 is 9.84 Å². The Morgan fingerprint density at radius 2 is 1.85 bits per heavy atom. The molecule has 1 heterocycles. The van der Waals surface area contributed by atoms with Gasteiger partial charge >= 0.3 is 0 Å². The van der Waals surface area contributed by atoms with Crippen LogP contribution < -0.4 is 4.74 Å². The van der Waals surface area contributed by atoms with Gasteiger partial charge in [0, 0.05) is 5.69 Å². The lowest BCUT2D eigenvalue weighted by molar-refractivity contribution is 0.150. The predicted octanol–water partition coefficient (Wildman–Crippen LogP) is 3.02. The zero-order chi connectivity index (χ0) is 14.7. The molecule has 0 bridgehead atoms. The van der Waals surface area contributed by atoms with E-state index in [4.69, 9.17) is 4.74 Å². The molecule has 0 aliphatic heterocycles. The van der Waals surface area contributed by atoms with Gasteiger partial charge in [-0.2, -0.15) is 5.10 Å². The Kier molecular flexibility index (Phi) is 4.45. The number of benzene rings is 1. The Balaban J connectivity index is 2.05. The van der Waals surface area contributed by atoms with Crippen LogP contribution in [0.3, 0.4) is 0 Å². The summed E-state index contributed by atoms with van der Waals surface area (Å²) in [6.45, 7) is 8.39. The molecule has 0 radical (unpaired) electrons. The molecule has 4 heteroatoms. The average Bonchev–Trinajstić information content (AvgIpc) is 2.68. The fourth-order valence-electron chi connectivity index (χ4n) is 2.17. The molecule has 0 spiro atoms. The number of hydrogen-bond donors (Lipinski definition) is 1. The van der Waals surface area contributed by atoms with Gasteiger partial charge in [0.2, 0.25) is 0 Å². The van der Waals surface area contributed by atoms with Gasteiger partial charge in [-0.3, -0.25) is 4.68 Å². The summed E-state index contributed by atoms with van der Waals surface area (Å²) in [7, 11) is 0. The first-order valence-electron chi connectivity index (χ1n) is 6.91. The minimum absolute atomic E-state index is 0.153. The van der Waals surface area contributed by atoms with Crippen LogP contribution in [0, 0.1) is 13.8 Å². The number of aromatic nitrogens is 2. The highest BCUT2D eigenvalue weighted by Gasteiger charge is 2.11. The SMILES string of the molecule is Cc1cc(C)n(CC(O)c2ccc(OC(C)C)cc2)n1. The van der Waals surface area contributed by atoms with E-state index < -0.39 is 6.10 Å². The van der Waals surface area contributed by atoms with E-state index in [1.165, 1.54) is 0 Å². The highest BCUT2D eigenvalue weighted by Crippen LogP contribution is 2.20. The summed E-state index contributed by atoms with van der Waals surface area (Å²) in [5.41, 5.74) is 2.89. The maximum atomic E-state index is 10.3. The van der Waals surface area contributed by atoms with Gasteiger partial charge in [-0.25, -0.2) is 0 Å². The molecule has 1 unspecified atom stereocenters. The molecule has 1 N–H and O–H groups in total. The minimum Gasteiger partial charge on any atom is -0.491 e. The van der Waals surface area contributed by atoms with Crippen molar-refractivity contribution in [3.8, 4) is 5.75 Å². The van der Waals surface area contributed by atoms with Crippen molar-refractivity contribution < 1.29 is 9.84 Å². The number of aliphatic hydroxyl groups is 1. The van der Waals surface area contributed by atoms with Crippen LogP contribution in [-0.4, -0.2) is 21.0 Å². The molecule has 0 fully saturated rings. The molecule has 2 aromatic rings. The van der Waals surface area contributed by atoms with E-state index >= 15 is 0 Å². The van der Waals surface area contributed by atoms with Gasteiger partial charge in [0.05, 0.1) is 24.4 Å². The van der Waals surface area contributed by atoms with E-state index in [2.05, 4.69) is 5.10 Å². The molecular weight excluding hydrogens is 252 g/mol. The first kappa shape index (κ1) is 14.6. The highest BCUT2D eigenvalue weighted by molar-refractivity contribution is 5.28. The Morgan fingerprint density at radius 3 is 2.35 bits per heavy atom. The second-order valence-electron chi connectivity index (χ2n) is 5.36. The van der Waals surface area contributed by atoms with Crippen molar-refractivity contribution in [2.24, 2.45) is 0 Å². The number of aliphatic hydroxyl groups excluding tert-OH is 1. The summed E-state index contributed by atoms with van der Waals surface area (Å²) < 4.78 is 7.42. The molecule has 1 aromatic carbocycles. The normalized spacial score (nSPS) is 12.7. The number of nitrogens with zero attached hydrogens (tertiary/aromatic N) is 2. The van der Waals surface area contributed by atoms with Crippen molar-refractivity contribution >= 4 is 0 Å². The van der Waals surface area contributed by atoms with Gasteiger partial charge in [-0.1, -0.05) is 12.1 Å². The lowest BCUT2D eigenvalue weighted by Gasteiger charge is -2.14. The van der Waals surface area contributed by atoms with E-state index in [9.17, 15) is 5.11 Å². The number of rotatable bonds is 5. The monoisotopic (exact) mass is 274 g/mol. The lowest BCUT2D eigenvalue weighted by atomic mass is 10.1. The zero-order valence-corrected chi connectivity index (χ0v) is 12.5. The summed E-state index contributed by atoms with van der Waals surface area (Å²) >= 11 is 0. The Bertz CT molecular complexity index is 558. The van der Waals surface area contributed by atoms with Crippen LogP contribution in [-0.2, 0) is 6.54 Å². The van der Waals surface area contributed by atoms with Gasteiger partial charge in [0.15, 0.2) is 0 Å². The first-order chi connectivity index (χ1) is 9.45. The average molecular weight is 274 g/mol. The minimum atomic E-state index is -0.568. The summed E-state index contributed by atoms with van der Waals surface area (Å²) in [6, 6.07) is 9.58. The molecule has 4 nitrogen and oxygen atoms in total. The molecular formula is C16H22N2O2. The second kappa shape index (κ2) is 6.09.